The largest absolute Gasteiger partial charge is 0.468 e. The van der Waals surface area contributed by atoms with Gasteiger partial charge in [0.1, 0.15) is 19.4 Å². The third kappa shape index (κ3) is 5.56. The maximum absolute atomic E-state index is 12.5. The average molecular weight is 406 g/mol. The molecule has 0 fully saturated rings. The van der Waals surface area contributed by atoms with Crippen molar-refractivity contribution in [3.05, 3.63) is 36.2 Å². The number of para-hydroxylation sites is 1. The van der Waals surface area contributed by atoms with Gasteiger partial charge in [-0.05, 0) is 18.1 Å². The van der Waals surface area contributed by atoms with E-state index >= 15 is 0 Å². The Labute approximate surface area is 167 Å². The summed E-state index contributed by atoms with van der Waals surface area (Å²) < 4.78 is 11.0. The standard InChI is InChI=1S/C18H22N4O5S/c1-4-13-7-5-6-8-14(13)22-12-19-20-18(22)28-11-15(23)21(9-16(24)26-2)10-17(25)27-3/h5-8,12H,4,9-11H2,1-3H3. The minimum Gasteiger partial charge on any atom is -0.468 e. The molecule has 28 heavy (non-hydrogen) atoms. The Bertz CT molecular complexity index is 821. The smallest absolute Gasteiger partial charge is 0.325 e. The molecular formula is C18H22N4O5S. The second kappa shape index (κ2) is 10.5. The number of methoxy groups -OCH3 is 2. The lowest BCUT2D eigenvalue weighted by molar-refractivity contribution is -0.151. The summed E-state index contributed by atoms with van der Waals surface area (Å²) in [5.74, 6) is -1.69. The van der Waals surface area contributed by atoms with E-state index in [9.17, 15) is 14.4 Å². The van der Waals surface area contributed by atoms with Crippen LogP contribution >= 0.6 is 11.8 Å². The molecule has 2 aromatic rings. The Balaban J connectivity index is 2.12. The summed E-state index contributed by atoms with van der Waals surface area (Å²) in [4.78, 5) is 36.7. The van der Waals surface area contributed by atoms with Crippen molar-refractivity contribution in [1.82, 2.24) is 19.7 Å². The van der Waals surface area contributed by atoms with E-state index in [1.54, 1.807) is 6.33 Å². The monoisotopic (exact) mass is 406 g/mol. The van der Waals surface area contributed by atoms with E-state index in [1.807, 2.05) is 28.8 Å². The van der Waals surface area contributed by atoms with Crippen LogP contribution in [0.3, 0.4) is 0 Å². The van der Waals surface area contributed by atoms with Gasteiger partial charge in [0, 0.05) is 0 Å². The summed E-state index contributed by atoms with van der Waals surface area (Å²) >= 11 is 1.17. The molecule has 0 spiro atoms. The van der Waals surface area contributed by atoms with Crippen LogP contribution in [0, 0.1) is 0 Å². The summed E-state index contributed by atoms with van der Waals surface area (Å²) in [6.07, 6.45) is 2.42. The second-order valence-corrected chi connectivity index (χ2v) is 6.60. The molecule has 1 amide bonds. The van der Waals surface area contributed by atoms with Crippen LogP contribution in [0.4, 0.5) is 0 Å². The van der Waals surface area contributed by atoms with Crippen molar-refractivity contribution in [2.24, 2.45) is 0 Å². The molecule has 0 radical (unpaired) electrons. The molecule has 1 aromatic carbocycles. The van der Waals surface area contributed by atoms with Gasteiger partial charge in [0.05, 0.1) is 25.7 Å². The molecule has 1 aromatic heterocycles. The number of carbonyl (C=O) groups excluding carboxylic acids is 3. The quantitative estimate of drug-likeness (QED) is 0.450. The molecule has 0 saturated heterocycles. The van der Waals surface area contributed by atoms with Gasteiger partial charge in [-0.15, -0.1) is 10.2 Å². The molecule has 0 saturated carbocycles. The number of thioether (sulfide) groups is 1. The molecule has 0 bridgehead atoms. The number of aromatic nitrogens is 3. The summed E-state index contributed by atoms with van der Waals surface area (Å²) in [6, 6.07) is 7.85. The first-order valence-electron chi connectivity index (χ1n) is 8.52. The lowest BCUT2D eigenvalue weighted by Gasteiger charge is -2.19. The van der Waals surface area contributed by atoms with E-state index in [0.717, 1.165) is 22.6 Å². The van der Waals surface area contributed by atoms with Crippen LogP contribution in [0.5, 0.6) is 0 Å². The maximum atomic E-state index is 12.5. The summed E-state index contributed by atoms with van der Waals surface area (Å²) in [7, 11) is 2.43. The van der Waals surface area contributed by atoms with Gasteiger partial charge < -0.3 is 14.4 Å². The van der Waals surface area contributed by atoms with Crippen molar-refractivity contribution < 1.29 is 23.9 Å². The normalized spacial score (nSPS) is 10.4. The summed E-state index contributed by atoms with van der Waals surface area (Å²) in [6.45, 7) is 1.38. The fourth-order valence-corrected chi connectivity index (χ4v) is 3.25. The third-order valence-electron chi connectivity index (χ3n) is 3.92. The van der Waals surface area contributed by atoms with E-state index in [1.165, 1.54) is 26.0 Å². The molecule has 0 aliphatic heterocycles. The highest BCUT2D eigenvalue weighted by atomic mass is 32.2. The van der Waals surface area contributed by atoms with Gasteiger partial charge >= 0.3 is 11.9 Å². The minimum atomic E-state index is -0.623. The van der Waals surface area contributed by atoms with Gasteiger partial charge in [0.2, 0.25) is 5.91 Å². The van der Waals surface area contributed by atoms with Crippen LogP contribution in [0.25, 0.3) is 5.69 Å². The Morgan fingerprint density at radius 1 is 1.11 bits per heavy atom. The Morgan fingerprint density at radius 3 is 2.36 bits per heavy atom. The number of rotatable bonds is 9. The van der Waals surface area contributed by atoms with Crippen molar-refractivity contribution >= 4 is 29.6 Å². The van der Waals surface area contributed by atoms with Crippen LogP contribution in [0.2, 0.25) is 0 Å². The van der Waals surface area contributed by atoms with E-state index in [-0.39, 0.29) is 18.8 Å². The third-order valence-corrected chi connectivity index (χ3v) is 4.85. The molecule has 1 heterocycles. The maximum Gasteiger partial charge on any atom is 0.325 e. The number of hydrogen-bond acceptors (Lipinski definition) is 8. The van der Waals surface area contributed by atoms with Gasteiger partial charge in [-0.25, -0.2) is 0 Å². The zero-order valence-electron chi connectivity index (χ0n) is 16.0. The Hall–Kier alpha value is -2.88. The topological polar surface area (TPSA) is 104 Å². The number of aryl methyl sites for hydroxylation is 1. The molecule has 0 aliphatic rings. The molecule has 10 heteroatoms. The van der Waals surface area contributed by atoms with Crippen molar-refractivity contribution in [3.63, 3.8) is 0 Å². The second-order valence-electron chi connectivity index (χ2n) is 5.66. The zero-order valence-corrected chi connectivity index (χ0v) is 16.8. The highest BCUT2D eigenvalue weighted by Gasteiger charge is 2.22. The van der Waals surface area contributed by atoms with Gasteiger partial charge in [-0.3, -0.25) is 19.0 Å². The van der Waals surface area contributed by atoms with Crippen LogP contribution in [0.15, 0.2) is 35.7 Å². The van der Waals surface area contributed by atoms with Crippen LogP contribution in [-0.4, -0.2) is 70.6 Å². The number of hydrogen-bond donors (Lipinski definition) is 0. The summed E-state index contributed by atoms with van der Waals surface area (Å²) in [5, 5.41) is 8.55. The molecule has 9 nitrogen and oxygen atoms in total. The van der Waals surface area contributed by atoms with Crippen LogP contribution in [-0.2, 0) is 30.3 Å². The number of ether oxygens (including phenoxy) is 2. The van der Waals surface area contributed by atoms with E-state index < -0.39 is 17.8 Å². The lowest BCUT2D eigenvalue weighted by Crippen LogP contribution is -2.41. The van der Waals surface area contributed by atoms with Gasteiger partial charge in [0.15, 0.2) is 5.16 Å². The molecule has 0 unspecified atom stereocenters. The number of benzene rings is 1. The molecule has 2 rings (SSSR count). The fraction of sp³-hybridized carbons (Fsp3) is 0.389. The number of nitrogens with zero attached hydrogens (tertiary/aromatic N) is 4. The van der Waals surface area contributed by atoms with E-state index in [0.29, 0.717) is 5.16 Å². The predicted molar refractivity (Wildman–Crippen MR) is 102 cm³/mol. The van der Waals surface area contributed by atoms with Crippen LogP contribution < -0.4 is 0 Å². The highest BCUT2D eigenvalue weighted by Crippen LogP contribution is 2.22. The van der Waals surface area contributed by atoms with Crippen molar-refractivity contribution in [2.75, 3.05) is 33.1 Å². The van der Waals surface area contributed by atoms with Crippen molar-refractivity contribution in [3.8, 4) is 5.69 Å². The molecule has 0 aliphatic carbocycles. The average Bonchev–Trinajstić information content (AvgIpc) is 3.19. The first kappa shape index (κ1) is 21.4. The minimum absolute atomic E-state index is 0.0268. The molecule has 150 valence electrons. The Morgan fingerprint density at radius 2 is 1.75 bits per heavy atom. The van der Waals surface area contributed by atoms with Gasteiger partial charge in [0.25, 0.3) is 0 Å². The first-order chi connectivity index (χ1) is 13.5. The fourth-order valence-electron chi connectivity index (χ4n) is 2.42. The predicted octanol–water partition coefficient (Wildman–Crippen LogP) is 1.10. The number of amides is 1. The van der Waals surface area contributed by atoms with Crippen molar-refractivity contribution in [2.45, 2.75) is 18.5 Å². The zero-order chi connectivity index (χ0) is 20.5. The Kier molecular flexibility index (Phi) is 8.00. The number of esters is 2. The molecular weight excluding hydrogens is 384 g/mol. The van der Waals surface area contributed by atoms with Gasteiger partial charge in [-0.1, -0.05) is 36.9 Å². The van der Waals surface area contributed by atoms with Crippen molar-refractivity contribution in [1.29, 1.82) is 0 Å². The van der Waals surface area contributed by atoms with Crippen LogP contribution in [0.1, 0.15) is 12.5 Å². The first-order valence-corrected chi connectivity index (χ1v) is 9.51. The van der Waals surface area contributed by atoms with E-state index in [2.05, 4.69) is 26.6 Å². The van der Waals surface area contributed by atoms with Gasteiger partial charge in [-0.2, -0.15) is 0 Å². The SMILES string of the molecule is CCc1ccccc1-n1cnnc1SCC(=O)N(CC(=O)OC)CC(=O)OC. The lowest BCUT2D eigenvalue weighted by atomic mass is 10.1. The summed E-state index contributed by atoms with van der Waals surface area (Å²) in [5.41, 5.74) is 2.06. The highest BCUT2D eigenvalue weighted by molar-refractivity contribution is 7.99. The number of carbonyl (C=O) groups is 3. The van der Waals surface area contributed by atoms with E-state index in [4.69, 9.17) is 0 Å². The molecule has 0 atom stereocenters. The molecule has 0 N–H and O–H groups in total.